The van der Waals surface area contributed by atoms with Gasteiger partial charge >= 0.3 is 0 Å². The number of nitrogens with zero attached hydrogens (tertiary/aromatic N) is 2. The molecule has 5 rings (SSSR count). The molecule has 0 aromatic heterocycles. The quantitative estimate of drug-likeness (QED) is 0.621. The Morgan fingerprint density at radius 1 is 1.33 bits per heavy atom. The second-order valence-electron chi connectivity index (χ2n) is 8.79. The number of rotatable bonds is 4. The standard InChI is InChI=1S/C20H25N3O4/c21-27-15-4-3-13-9-16-20(22-26)6-5-14(24)10-19(20,17(13)18(15)25)7-8-23(16)11-12-1-2-12/h3-4,12,16,25H,1-2,5-11,21H2/t16-,19-,20?/m1/s1. The molecule has 1 saturated heterocycles. The summed E-state index contributed by atoms with van der Waals surface area (Å²) in [4.78, 5) is 32.2. The van der Waals surface area contributed by atoms with Gasteiger partial charge in [-0.05, 0) is 56.2 Å². The number of carbonyl (C=O) groups is 1. The number of piperidine rings is 1. The first kappa shape index (κ1) is 17.1. The van der Waals surface area contributed by atoms with Crippen LogP contribution in [0.5, 0.6) is 11.5 Å². The van der Waals surface area contributed by atoms with Gasteiger partial charge in [-0.15, -0.1) is 0 Å². The van der Waals surface area contributed by atoms with Crippen LogP contribution in [0.4, 0.5) is 0 Å². The van der Waals surface area contributed by atoms with Gasteiger partial charge in [0, 0.05) is 36.4 Å². The van der Waals surface area contributed by atoms with Crippen molar-refractivity contribution >= 4 is 5.78 Å². The van der Waals surface area contributed by atoms with E-state index in [0.717, 1.165) is 18.7 Å². The van der Waals surface area contributed by atoms with Gasteiger partial charge in [0.05, 0.1) is 0 Å². The van der Waals surface area contributed by atoms with E-state index in [4.69, 9.17) is 10.7 Å². The molecule has 0 radical (unpaired) electrons. The van der Waals surface area contributed by atoms with Crippen molar-refractivity contribution in [1.29, 1.82) is 0 Å². The first-order valence-electron chi connectivity index (χ1n) is 9.87. The van der Waals surface area contributed by atoms with Crippen molar-refractivity contribution in [3.05, 3.63) is 28.2 Å². The van der Waals surface area contributed by atoms with Crippen molar-refractivity contribution in [2.75, 3.05) is 13.1 Å². The number of aromatic hydroxyl groups is 1. The molecule has 0 spiro atoms. The minimum atomic E-state index is -0.883. The predicted octanol–water partition coefficient (Wildman–Crippen LogP) is 2.18. The van der Waals surface area contributed by atoms with Crippen LogP contribution in [0.2, 0.25) is 0 Å². The van der Waals surface area contributed by atoms with Crippen molar-refractivity contribution in [3.63, 3.8) is 0 Å². The van der Waals surface area contributed by atoms with E-state index < -0.39 is 11.0 Å². The highest BCUT2D eigenvalue weighted by Gasteiger charge is 2.68. The van der Waals surface area contributed by atoms with Crippen LogP contribution in [0.15, 0.2) is 17.3 Å². The molecule has 3 N–H and O–H groups in total. The number of phenolic OH excluding ortho intramolecular Hbond substituents is 1. The van der Waals surface area contributed by atoms with Gasteiger partial charge in [0.1, 0.15) is 11.3 Å². The van der Waals surface area contributed by atoms with Gasteiger partial charge in [-0.25, -0.2) is 0 Å². The number of likely N-dealkylation sites (tertiary alicyclic amines) is 1. The summed E-state index contributed by atoms with van der Waals surface area (Å²) >= 11 is 0. The van der Waals surface area contributed by atoms with Gasteiger partial charge in [0.2, 0.25) is 0 Å². The molecule has 7 heteroatoms. The Hall–Kier alpha value is -1.99. The second-order valence-corrected chi connectivity index (χ2v) is 8.79. The minimum Gasteiger partial charge on any atom is -0.504 e. The summed E-state index contributed by atoms with van der Waals surface area (Å²) in [6.07, 6.45) is 4.88. The van der Waals surface area contributed by atoms with E-state index in [0.29, 0.717) is 37.2 Å². The second kappa shape index (κ2) is 5.75. The molecule has 1 unspecified atom stereocenters. The molecule has 7 nitrogen and oxygen atoms in total. The van der Waals surface area contributed by atoms with E-state index >= 15 is 0 Å². The molecule has 2 saturated carbocycles. The van der Waals surface area contributed by atoms with Crippen LogP contribution in [-0.4, -0.2) is 40.5 Å². The molecule has 3 fully saturated rings. The number of fused-ring (bicyclic) bond motifs is 1. The summed E-state index contributed by atoms with van der Waals surface area (Å²) < 4.78 is 0. The van der Waals surface area contributed by atoms with E-state index in [-0.39, 0.29) is 29.7 Å². The zero-order chi connectivity index (χ0) is 18.8. The van der Waals surface area contributed by atoms with Gasteiger partial charge in [0.25, 0.3) is 0 Å². The Morgan fingerprint density at radius 2 is 2.15 bits per heavy atom. The van der Waals surface area contributed by atoms with Crippen molar-refractivity contribution in [3.8, 4) is 11.5 Å². The largest absolute Gasteiger partial charge is 0.504 e. The molecule has 0 amide bonds. The Morgan fingerprint density at radius 3 is 2.85 bits per heavy atom. The van der Waals surface area contributed by atoms with E-state index in [2.05, 4.69) is 10.1 Å². The Bertz CT molecular complexity index is 824. The Balaban J connectivity index is 1.72. The molecule has 1 aromatic carbocycles. The number of hydrogen-bond donors (Lipinski definition) is 2. The normalized spacial score (nSPS) is 35.3. The molecule has 144 valence electrons. The van der Waals surface area contributed by atoms with Crippen LogP contribution in [0.3, 0.4) is 0 Å². The van der Waals surface area contributed by atoms with Crippen LogP contribution in [0.1, 0.15) is 49.7 Å². The van der Waals surface area contributed by atoms with Crippen LogP contribution < -0.4 is 10.7 Å². The zero-order valence-corrected chi connectivity index (χ0v) is 15.3. The first-order chi connectivity index (χ1) is 13.0. The van der Waals surface area contributed by atoms with Crippen molar-refractivity contribution in [2.45, 2.75) is 61.9 Å². The van der Waals surface area contributed by atoms with Crippen molar-refractivity contribution in [2.24, 2.45) is 17.0 Å². The molecular formula is C20H25N3O4. The molecular weight excluding hydrogens is 346 g/mol. The number of nitroso groups, excluding NO2 is 1. The lowest BCUT2D eigenvalue weighted by atomic mass is 9.48. The Kier molecular flexibility index (Phi) is 3.65. The number of nitrogens with two attached hydrogens (primary N) is 1. The van der Waals surface area contributed by atoms with Gasteiger partial charge in [-0.1, -0.05) is 11.2 Å². The summed E-state index contributed by atoms with van der Waals surface area (Å²) in [6.45, 7) is 1.82. The van der Waals surface area contributed by atoms with Crippen molar-refractivity contribution in [1.82, 2.24) is 4.90 Å². The van der Waals surface area contributed by atoms with E-state index in [9.17, 15) is 14.8 Å². The maximum Gasteiger partial charge on any atom is 0.188 e. The SMILES string of the molecule is NOc1ccc2c(c1O)[C@]13CCN(CC4CC4)[C@H](C2)C1(N=O)CCC(=O)C3. The average Bonchev–Trinajstić information content (AvgIpc) is 3.47. The van der Waals surface area contributed by atoms with Crippen LogP contribution in [0.25, 0.3) is 0 Å². The molecule has 3 aliphatic carbocycles. The Labute approximate surface area is 157 Å². The van der Waals surface area contributed by atoms with Gasteiger partial charge in [-0.2, -0.15) is 10.8 Å². The van der Waals surface area contributed by atoms with Crippen LogP contribution >= 0.6 is 0 Å². The topological polar surface area (TPSA) is 105 Å². The molecule has 1 aromatic rings. The number of Topliss-reactive ketones (excluding diaryl/α,β-unsaturated/α-hetero) is 1. The fourth-order valence-corrected chi connectivity index (χ4v) is 6.12. The summed E-state index contributed by atoms with van der Waals surface area (Å²) in [5, 5.41) is 14.7. The van der Waals surface area contributed by atoms with E-state index in [1.807, 2.05) is 6.07 Å². The average molecular weight is 371 g/mol. The lowest BCUT2D eigenvalue weighted by molar-refractivity contribution is -0.129. The third-order valence-electron chi connectivity index (χ3n) is 7.53. The van der Waals surface area contributed by atoms with Gasteiger partial charge in [-0.3, -0.25) is 9.69 Å². The lowest BCUT2D eigenvalue weighted by Crippen LogP contribution is -2.72. The number of ketones is 1. The molecule has 3 atom stereocenters. The third-order valence-corrected chi connectivity index (χ3v) is 7.53. The molecule has 2 bridgehead atoms. The predicted molar refractivity (Wildman–Crippen MR) is 98.4 cm³/mol. The number of phenols is 1. The highest BCUT2D eigenvalue weighted by molar-refractivity contribution is 5.83. The fraction of sp³-hybridized carbons (Fsp3) is 0.650. The smallest absolute Gasteiger partial charge is 0.188 e. The number of hydrogen-bond acceptors (Lipinski definition) is 7. The van der Waals surface area contributed by atoms with E-state index in [1.54, 1.807) is 6.07 Å². The maximum absolute atomic E-state index is 12.5. The third kappa shape index (κ3) is 2.18. The van der Waals surface area contributed by atoms with Gasteiger partial charge < -0.3 is 9.94 Å². The molecule has 1 aliphatic heterocycles. The van der Waals surface area contributed by atoms with Crippen LogP contribution in [0, 0.1) is 10.8 Å². The molecule has 1 heterocycles. The monoisotopic (exact) mass is 371 g/mol. The lowest BCUT2D eigenvalue weighted by Gasteiger charge is -2.62. The minimum absolute atomic E-state index is 0.0194. The fourth-order valence-electron chi connectivity index (χ4n) is 6.12. The highest BCUT2D eigenvalue weighted by atomic mass is 16.6. The number of benzene rings is 1. The zero-order valence-electron chi connectivity index (χ0n) is 15.3. The maximum atomic E-state index is 12.5. The van der Waals surface area contributed by atoms with Gasteiger partial charge in [0.15, 0.2) is 11.5 Å². The summed E-state index contributed by atoms with van der Waals surface area (Å²) in [6, 6.07) is 3.56. The highest BCUT2D eigenvalue weighted by Crippen LogP contribution is 2.62. The summed E-state index contributed by atoms with van der Waals surface area (Å²) in [5.74, 6) is 6.33. The van der Waals surface area contributed by atoms with Crippen molar-refractivity contribution < 1.29 is 14.7 Å². The molecule has 27 heavy (non-hydrogen) atoms. The molecule has 4 aliphatic rings. The first-order valence-corrected chi connectivity index (χ1v) is 9.87. The summed E-state index contributed by atoms with van der Waals surface area (Å²) in [5.41, 5.74) is 0.000404. The van der Waals surface area contributed by atoms with Crippen LogP contribution in [-0.2, 0) is 16.6 Å². The summed E-state index contributed by atoms with van der Waals surface area (Å²) in [7, 11) is 0. The number of carbonyl (C=O) groups excluding carboxylic acids is 1. The van der Waals surface area contributed by atoms with E-state index in [1.165, 1.54) is 12.8 Å².